The van der Waals surface area contributed by atoms with Crippen LogP contribution in [0.1, 0.15) is 36.3 Å². The van der Waals surface area contributed by atoms with Crippen molar-refractivity contribution in [3.63, 3.8) is 0 Å². The Labute approximate surface area is 120 Å². The summed E-state index contributed by atoms with van der Waals surface area (Å²) in [6, 6.07) is 2.39. The average Bonchev–Trinajstić information content (AvgIpc) is 2.85. The smallest absolute Gasteiger partial charge is 0.339 e. The minimum atomic E-state index is -0.935. The second-order valence-electron chi connectivity index (χ2n) is 5.80. The lowest BCUT2D eigenvalue weighted by atomic mass is 10.1. The Kier molecular flexibility index (Phi) is 4.60. The number of pyridine rings is 1. The monoisotopic (exact) mass is 277 g/mol. The number of hydrogen-bond acceptors (Lipinski definition) is 4. The second kappa shape index (κ2) is 6.22. The number of likely N-dealkylation sites (tertiary alicyclic amines) is 1. The lowest BCUT2D eigenvalue weighted by molar-refractivity contribution is 0.0697. The van der Waals surface area contributed by atoms with Gasteiger partial charge >= 0.3 is 5.97 Å². The average molecular weight is 277 g/mol. The summed E-state index contributed by atoms with van der Waals surface area (Å²) in [6.07, 6.45) is 2.59. The van der Waals surface area contributed by atoms with Crippen LogP contribution in [-0.4, -0.2) is 46.6 Å². The maximum absolute atomic E-state index is 11.2. The maximum atomic E-state index is 11.2. The molecule has 0 aliphatic carbocycles. The molecule has 20 heavy (non-hydrogen) atoms. The molecule has 5 heteroatoms. The van der Waals surface area contributed by atoms with Crippen molar-refractivity contribution in [2.45, 2.75) is 33.2 Å². The normalized spacial score (nSPS) is 19.5. The number of aromatic nitrogens is 1. The minimum absolute atomic E-state index is 0.245. The molecule has 1 fully saturated rings. The standard InChI is InChI=1S/C15H23N3O2/c1-10(2)18-5-4-12(9-18)7-17-14-6-11(3)16-8-13(14)15(19)20/h6,8,10,12H,4-5,7,9H2,1-3H3,(H,16,17)(H,19,20). The molecule has 0 spiro atoms. The van der Waals surface area contributed by atoms with Gasteiger partial charge in [0.2, 0.25) is 0 Å². The minimum Gasteiger partial charge on any atom is -0.478 e. The van der Waals surface area contributed by atoms with E-state index in [0.717, 1.165) is 31.7 Å². The Morgan fingerprint density at radius 1 is 1.60 bits per heavy atom. The maximum Gasteiger partial charge on any atom is 0.339 e. The van der Waals surface area contributed by atoms with Gasteiger partial charge < -0.3 is 15.3 Å². The number of carboxylic acids is 1. The number of carboxylic acid groups (broad SMARTS) is 1. The van der Waals surface area contributed by atoms with Gasteiger partial charge in [-0.3, -0.25) is 4.98 Å². The van der Waals surface area contributed by atoms with E-state index in [0.29, 0.717) is 17.6 Å². The van der Waals surface area contributed by atoms with E-state index >= 15 is 0 Å². The summed E-state index contributed by atoms with van der Waals surface area (Å²) in [5.74, 6) is -0.359. The first-order valence-corrected chi connectivity index (χ1v) is 7.15. The van der Waals surface area contributed by atoms with Crippen LogP contribution in [0, 0.1) is 12.8 Å². The molecule has 1 atom stereocenters. The van der Waals surface area contributed by atoms with E-state index < -0.39 is 5.97 Å². The van der Waals surface area contributed by atoms with Gasteiger partial charge in [0.1, 0.15) is 5.56 Å². The van der Waals surface area contributed by atoms with Crippen LogP contribution in [0.2, 0.25) is 0 Å². The molecule has 2 heterocycles. The van der Waals surface area contributed by atoms with Crippen LogP contribution in [0.5, 0.6) is 0 Å². The zero-order chi connectivity index (χ0) is 14.7. The molecule has 1 unspecified atom stereocenters. The second-order valence-corrected chi connectivity index (χ2v) is 5.80. The van der Waals surface area contributed by atoms with E-state index in [-0.39, 0.29) is 5.56 Å². The number of rotatable bonds is 5. The first kappa shape index (κ1) is 14.8. The first-order chi connectivity index (χ1) is 9.47. The van der Waals surface area contributed by atoms with Crippen LogP contribution in [0.4, 0.5) is 5.69 Å². The van der Waals surface area contributed by atoms with Gasteiger partial charge in [0, 0.05) is 31.0 Å². The lowest BCUT2D eigenvalue weighted by Gasteiger charge is -2.20. The molecule has 1 saturated heterocycles. The van der Waals surface area contributed by atoms with Crippen LogP contribution in [0.15, 0.2) is 12.3 Å². The van der Waals surface area contributed by atoms with Gasteiger partial charge in [-0.15, -0.1) is 0 Å². The van der Waals surface area contributed by atoms with Gasteiger partial charge in [-0.25, -0.2) is 4.79 Å². The molecule has 0 aromatic carbocycles. The van der Waals surface area contributed by atoms with Gasteiger partial charge in [-0.1, -0.05) is 0 Å². The van der Waals surface area contributed by atoms with E-state index in [9.17, 15) is 9.90 Å². The van der Waals surface area contributed by atoms with E-state index in [4.69, 9.17) is 0 Å². The van der Waals surface area contributed by atoms with Gasteiger partial charge in [-0.05, 0) is 45.7 Å². The Hall–Kier alpha value is -1.62. The van der Waals surface area contributed by atoms with Crippen molar-refractivity contribution in [2.24, 2.45) is 5.92 Å². The Morgan fingerprint density at radius 3 is 2.95 bits per heavy atom. The number of hydrogen-bond donors (Lipinski definition) is 2. The number of aryl methyl sites for hydroxylation is 1. The van der Waals surface area contributed by atoms with E-state index in [1.807, 2.05) is 6.92 Å². The van der Waals surface area contributed by atoms with Crippen molar-refractivity contribution in [3.05, 3.63) is 23.5 Å². The molecular weight excluding hydrogens is 254 g/mol. The molecule has 0 amide bonds. The van der Waals surface area contributed by atoms with Crippen molar-refractivity contribution in [1.29, 1.82) is 0 Å². The summed E-state index contributed by atoms with van der Waals surface area (Å²) < 4.78 is 0. The van der Waals surface area contributed by atoms with Crippen molar-refractivity contribution in [2.75, 3.05) is 25.0 Å². The largest absolute Gasteiger partial charge is 0.478 e. The molecule has 0 saturated carbocycles. The van der Waals surface area contributed by atoms with Crippen LogP contribution in [-0.2, 0) is 0 Å². The van der Waals surface area contributed by atoms with E-state index in [2.05, 4.69) is 29.0 Å². The summed E-state index contributed by atoms with van der Waals surface area (Å²) in [7, 11) is 0. The Balaban J connectivity index is 1.98. The lowest BCUT2D eigenvalue weighted by Crippen LogP contribution is -2.29. The summed E-state index contributed by atoms with van der Waals surface area (Å²) in [5, 5.41) is 12.5. The molecule has 1 aromatic rings. The predicted octanol–water partition coefficient (Wildman–Crippen LogP) is 2.23. The molecule has 1 aliphatic heterocycles. The van der Waals surface area contributed by atoms with E-state index in [1.54, 1.807) is 6.07 Å². The molecule has 1 aromatic heterocycles. The molecule has 5 nitrogen and oxygen atoms in total. The number of anilines is 1. The molecule has 1 aliphatic rings. The highest BCUT2D eigenvalue weighted by Gasteiger charge is 2.24. The fourth-order valence-electron chi connectivity index (χ4n) is 2.63. The van der Waals surface area contributed by atoms with Crippen LogP contribution >= 0.6 is 0 Å². The summed E-state index contributed by atoms with van der Waals surface area (Å²) in [4.78, 5) is 17.7. The molecule has 2 N–H and O–H groups in total. The third kappa shape index (κ3) is 3.48. The van der Waals surface area contributed by atoms with Crippen LogP contribution < -0.4 is 5.32 Å². The highest BCUT2D eigenvalue weighted by Crippen LogP contribution is 2.21. The molecule has 110 valence electrons. The van der Waals surface area contributed by atoms with Gasteiger partial charge in [0.05, 0.1) is 5.69 Å². The molecule has 0 bridgehead atoms. The highest BCUT2D eigenvalue weighted by atomic mass is 16.4. The fraction of sp³-hybridized carbons (Fsp3) is 0.600. The zero-order valence-corrected chi connectivity index (χ0v) is 12.4. The quantitative estimate of drug-likeness (QED) is 0.864. The van der Waals surface area contributed by atoms with Crippen molar-refractivity contribution >= 4 is 11.7 Å². The first-order valence-electron chi connectivity index (χ1n) is 7.15. The molecule has 0 radical (unpaired) electrons. The topological polar surface area (TPSA) is 65.5 Å². The van der Waals surface area contributed by atoms with Crippen LogP contribution in [0.25, 0.3) is 0 Å². The highest BCUT2D eigenvalue weighted by molar-refractivity contribution is 5.93. The summed E-state index contributed by atoms with van der Waals surface area (Å²) in [5.41, 5.74) is 1.75. The van der Waals surface area contributed by atoms with Gasteiger partial charge in [-0.2, -0.15) is 0 Å². The summed E-state index contributed by atoms with van der Waals surface area (Å²) >= 11 is 0. The number of nitrogens with zero attached hydrogens (tertiary/aromatic N) is 2. The molecule has 2 rings (SSSR count). The van der Waals surface area contributed by atoms with Gasteiger partial charge in [0.25, 0.3) is 0 Å². The Morgan fingerprint density at radius 2 is 2.35 bits per heavy atom. The number of nitrogens with one attached hydrogen (secondary N) is 1. The van der Waals surface area contributed by atoms with Crippen molar-refractivity contribution < 1.29 is 9.90 Å². The fourth-order valence-corrected chi connectivity index (χ4v) is 2.63. The number of carbonyl (C=O) groups is 1. The molecular formula is C15H23N3O2. The zero-order valence-electron chi connectivity index (χ0n) is 12.4. The van der Waals surface area contributed by atoms with Crippen molar-refractivity contribution in [1.82, 2.24) is 9.88 Å². The predicted molar refractivity (Wildman–Crippen MR) is 79.2 cm³/mol. The third-order valence-corrected chi connectivity index (χ3v) is 3.90. The third-order valence-electron chi connectivity index (χ3n) is 3.90. The Bertz CT molecular complexity index is 488. The SMILES string of the molecule is Cc1cc(NCC2CCN(C(C)C)C2)c(C(=O)O)cn1. The van der Waals surface area contributed by atoms with Gasteiger partial charge in [0.15, 0.2) is 0 Å². The van der Waals surface area contributed by atoms with Crippen LogP contribution in [0.3, 0.4) is 0 Å². The van der Waals surface area contributed by atoms with E-state index in [1.165, 1.54) is 6.20 Å². The summed E-state index contributed by atoms with van der Waals surface area (Å²) in [6.45, 7) is 9.32. The van der Waals surface area contributed by atoms with Crippen molar-refractivity contribution in [3.8, 4) is 0 Å². The number of aromatic carboxylic acids is 1.